The van der Waals surface area contributed by atoms with E-state index in [4.69, 9.17) is 4.98 Å². The van der Waals surface area contributed by atoms with Gasteiger partial charge in [0.25, 0.3) is 0 Å². The molecule has 1 N–H and O–H groups in total. The maximum Gasteiger partial charge on any atom is 0.0547 e. The number of unbranched alkanes of at least 4 members (excludes halogenated alkanes) is 1. The van der Waals surface area contributed by atoms with E-state index < -0.39 is 0 Å². The Balaban J connectivity index is 2.62. The zero-order valence-electron chi connectivity index (χ0n) is 14.4. The van der Waals surface area contributed by atoms with Gasteiger partial charge >= 0.3 is 0 Å². The Hall–Kier alpha value is -0.930. The van der Waals surface area contributed by atoms with Crippen LogP contribution in [-0.4, -0.2) is 29.0 Å². The van der Waals surface area contributed by atoms with Gasteiger partial charge in [-0.25, -0.2) is 0 Å². The molecule has 0 aliphatic rings. The molecule has 120 valence electrons. The van der Waals surface area contributed by atoms with Gasteiger partial charge in [-0.15, -0.1) is 0 Å². The van der Waals surface area contributed by atoms with Gasteiger partial charge in [0.15, 0.2) is 0 Å². The van der Waals surface area contributed by atoms with Crippen molar-refractivity contribution in [2.45, 2.75) is 72.5 Å². The van der Waals surface area contributed by atoms with E-state index in [1.807, 2.05) is 0 Å². The lowest BCUT2D eigenvalue weighted by Gasteiger charge is -2.28. The summed E-state index contributed by atoms with van der Waals surface area (Å²) >= 11 is 0. The van der Waals surface area contributed by atoms with Gasteiger partial charge in [0.05, 0.1) is 11.4 Å². The third kappa shape index (κ3) is 7.05. The van der Waals surface area contributed by atoms with Crippen molar-refractivity contribution < 1.29 is 0 Å². The van der Waals surface area contributed by atoms with Crippen LogP contribution in [0.25, 0.3) is 0 Å². The highest BCUT2D eigenvalue weighted by Gasteiger charge is 2.12. The molecule has 1 aromatic heterocycles. The van der Waals surface area contributed by atoms with Crippen LogP contribution in [0.4, 0.5) is 0 Å². The molecule has 1 heterocycles. The summed E-state index contributed by atoms with van der Waals surface area (Å²) in [4.78, 5) is 7.37. The molecule has 3 heteroatoms. The van der Waals surface area contributed by atoms with Gasteiger partial charge in [0.2, 0.25) is 0 Å². The fraction of sp³-hybridized carbons (Fsp3) is 0.722. The zero-order chi connectivity index (χ0) is 15.5. The minimum absolute atomic E-state index is 0.625. The van der Waals surface area contributed by atoms with E-state index in [1.165, 1.54) is 37.9 Å². The third-order valence-corrected chi connectivity index (χ3v) is 3.98. The van der Waals surface area contributed by atoms with Gasteiger partial charge in [0, 0.05) is 19.1 Å². The highest BCUT2D eigenvalue weighted by Crippen LogP contribution is 2.11. The first-order valence-corrected chi connectivity index (χ1v) is 8.60. The first kappa shape index (κ1) is 18.1. The van der Waals surface area contributed by atoms with Crippen molar-refractivity contribution in [2.24, 2.45) is 0 Å². The quantitative estimate of drug-likeness (QED) is 0.625. The Kier molecular flexibility index (Phi) is 9.27. The Morgan fingerprint density at radius 3 is 2.57 bits per heavy atom. The van der Waals surface area contributed by atoms with Crippen LogP contribution in [-0.2, 0) is 13.1 Å². The van der Waals surface area contributed by atoms with E-state index in [0.717, 1.165) is 25.3 Å². The van der Waals surface area contributed by atoms with Crippen molar-refractivity contribution in [3.05, 3.63) is 29.6 Å². The van der Waals surface area contributed by atoms with Crippen molar-refractivity contribution >= 4 is 0 Å². The fourth-order valence-corrected chi connectivity index (χ4v) is 2.39. The van der Waals surface area contributed by atoms with Crippen LogP contribution in [0.2, 0.25) is 0 Å². The van der Waals surface area contributed by atoms with Crippen molar-refractivity contribution in [3.63, 3.8) is 0 Å². The second-order valence-electron chi connectivity index (χ2n) is 5.88. The minimum Gasteiger partial charge on any atom is -0.311 e. The SMILES string of the molecule is CCCCN(Cc1cccc(CNCCC)n1)C(C)CC. The summed E-state index contributed by atoms with van der Waals surface area (Å²) < 4.78 is 0. The summed E-state index contributed by atoms with van der Waals surface area (Å²) in [5.74, 6) is 0. The maximum absolute atomic E-state index is 4.80. The van der Waals surface area contributed by atoms with Crippen molar-refractivity contribution in [3.8, 4) is 0 Å². The molecule has 0 amide bonds. The number of nitrogens with zero attached hydrogens (tertiary/aromatic N) is 2. The first-order chi connectivity index (χ1) is 10.2. The number of hydrogen-bond acceptors (Lipinski definition) is 3. The van der Waals surface area contributed by atoms with Crippen molar-refractivity contribution in [1.29, 1.82) is 0 Å². The van der Waals surface area contributed by atoms with E-state index >= 15 is 0 Å². The maximum atomic E-state index is 4.80. The van der Waals surface area contributed by atoms with Gasteiger partial charge in [-0.2, -0.15) is 0 Å². The molecule has 0 aromatic carbocycles. The molecule has 21 heavy (non-hydrogen) atoms. The third-order valence-electron chi connectivity index (χ3n) is 3.98. The Morgan fingerprint density at radius 1 is 1.14 bits per heavy atom. The molecule has 1 aromatic rings. The molecule has 0 bridgehead atoms. The normalized spacial score (nSPS) is 12.8. The van der Waals surface area contributed by atoms with E-state index in [0.29, 0.717) is 6.04 Å². The molecular weight excluding hydrogens is 258 g/mol. The standard InChI is InChI=1S/C18H33N3/c1-5-8-13-21(16(4)7-3)15-18-11-9-10-17(20-18)14-19-12-6-2/h9-11,16,19H,5-8,12-15H2,1-4H3. The number of rotatable bonds is 11. The first-order valence-electron chi connectivity index (χ1n) is 8.60. The summed E-state index contributed by atoms with van der Waals surface area (Å²) in [6, 6.07) is 7.04. The second-order valence-corrected chi connectivity index (χ2v) is 5.88. The number of aromatic nitrogens is 1. The van der Waals surface area contributed by atoms with Gasteiger partial charge in [-0.1, -0.05) is 33.3 Å². The van der Waals surface area contributed by atoms with Crippen LogP contribution in [0.5, 0.6) is 0 Å². The molecule has 0 aliphatic heterocycles. The van der Waals surface area contributed by atoms with E-state index in [2.05, 4.69) is 56.1 Å². The van der Waals surface area contributed by atoms with Crippen LogP contribution >= 0.6 is 0 Å². The lowest BCUT2D eigenvalue weighted by Crippen LogP contribution is -2.33. The fourth-order valence-electron chi connectivity index (χ4n) is 2.39. The topological polar surface area (TPSA) is 28.2 Å². The molecule has 1 atom stereocenters. The summed E-state index contributed by atoms with van der Waals surface area (Å²) in [5.41, 5.74) is 2.35. The van der Waals surface area contributed by atoms with Crippen LogP contribution in [0, 0.1) is 0 Å². The second kappa shape index (κ2) is 10.7. The molecule has 0 saturated carbocycles. The summed E-state index contributed by atoms with van der Waals surface area (Å²) in [6.07, 6.45) is 4.88. The van der Waals surface area contributed by atoms with E-state index in [1.54, 1.807) is 0 Å². The van der Waals surface area contributed by atoms with Crippen LogP contribution < -0.4 is 5.32 Å². The largest absolute Gasteiger partial charge is 0.311 e. The molecule has 0 saturated heterocycles. The average Bonchev–Trinajstić information content (AvgIpc) is 2.51. The smallest absolute Gasteiger partial charge is 0.0547 e. The molecule has 0 spiro atoms. The van der Waals surface area contributed by atoms with Crippen LogP contribution in [0.3, 0.4) is 0 Å². The Bertz CT molecular complexity index is 378. The summed E-state index contributed by atoms with van der Waals surface area (Å²) in [6.45, 7) is 13.1. The zero-order valence-corrected chi connectivity index (χ0v) is 14.4. The van der Waals surface area contributed by atoms with E-state index in [9.17, 15) is 0 Å². The summed E-state index contributed by atoms with van der Waals surface area (Å²) in [7, 11) is 0. The lowest BCUT2D eigenvalue weighted by atomic mass is 10.1. The van der Waals surface area contributed by atoms with E-state index in [-0.39, 0.29) is 0 Å². The molecule has 3 nitrogen and oxygen atoms in total. The lowest BCUT2D eigenvalue weighted by molar-refractivity contribution is 0.190. The van der Waals surface area contributed by atoms with Gasteiger partial charge in [-0.3, -0.25) is 9.88 Å². The van der Waals surface area contributed by atoms with Gasteiger partial charge < -0.3 is 5.32 Å². The monoisotopic (exact) mass is 291 g/mol. The Morgan fingerprint density at radius 2 is 1.90 bits per heavy atom. The number of nitrogens with one attached hydrogen (secondary N) is 1. The Labute approximate surface area is 131 Å². The van der Waals surface area contributed by atoms with Crippen molar-refractivity contribution in [2.75, 3.05) is 13.1 Å². The molecule has 0 fully saturated rings. The average molecular weight is 291 g/mol. The van der Waals surface area contributed by atoms with Gasteiger partial charge in [-0.05, 0) is 51.4 Å². The van der Waals surface area contributed by atoms with Crippen LogP contribution in [0.15, 0.2) is 18.2 Å². The van der Waals surface area contributed by atoms with Crippen molar-refractivity contribution in [1.82, 2.24) is 15.2 Å². The molecule has 0 radical (unpaired) electrons. The molecule has 1 unspecified atom stereocenters. The minimum atomic E-state index is 0.625. The molecular formula is C18H33N3. The molecule has 0 aliphatic carbocycles. The highest BCUT2D eigenvalue weighted by molar-refractivity contribution is 5.11. The predicted octanol–water partition coefficient (Wildman–Crippen LogP) is 3.98. The number of hydrogen-bond donors (Lipinski definition) is 1. The number of pyridine rings is 1. The highest BCUT2D eigenvalue weighted by atomic mass is 15.2. The van der Waals surface area contributed by atoms with Crippen LogP contribution in [0.1, 0.15) is 64.8 Å². The predicted molar refractivity (Wildman–Crippen MR) is 91.3 cm³/mol. The summed E-state index contributed by atoms with van der Waals surface area (Å²) in [5, 5.41) is 3.42. The molecule has 1 rings (SSSR count). The van der Waals surface area contributed by atoms with Gasteiger partial charge in [0.1, 0.15) is 0 Å².